The number of nitrogens with zero attached hydrogens (tertiary/aromatic N) is 1. The lowest BCUT2D eigenvalue weighted by Gasteiger charge is -2.34. The van der Waals surface area contributed by atoms with Gasteiger partial charge in [-0.2, -0.15) is 0 Å². The summed E-state index contributed by atoms with van der Waals surface area (Å²) in [6.07, 6.45) is 3.36. The first-order valence-electron chi connectivity index (χ1n) is 12.9. The lowest BCUT2D eigenvalue weighted by Crippen LogP contribution is -2.45. The van der Waals surface area contributed by atoms with Gasteiger partial charge in [-0.15, -0.1) is 0 Å². The van der Waals surface area contributed by atoms with Crippen LogP contribution in [0.5, 0.6) is 0 Å². The van der Waals surface area contributed by atoms with Gasteiger partial charge in [0.1, 0.15) is 11.9 Å². The molecule has 2 N–H and O–H groups in total. The number of esters is 1. The van der Waals surface area contributed by atoms with Crippen LogP contribution in [-0.4, -0.2) is 39.2 Å². The van der Waals surface area contributed by atoms with Crippen LogP contribution >= 0.6 is 0 Å². The summed E-state index contributed by atoms with van der Waals surface area (Å²) >= 11 is 0. The topological polar surface area (TPSA) is 96.7 Å². The van der Waals surface area contributed by atoms with Crippen LogP contribution in [0, 0.1) is 23.2 Å². The van der Waals surface area contributed by atoms with Gasteiger partial charge in [-0.1, -0.05) is 65.7 Å². The maximum Gasteiger partial charge on any atom is 0.309 e. The highest BCUT2D eigenvalue weighted by atomic mass is 16.5. The van der Waals surface area contributed by atoms with Crippen LogP contribution in [0.4, 0.5) is 0 Å². The molecular weight excluding hydrogens is 442 g/mol. The van der Waals surface area contributed by atoms with Crippen LogP contribution in [0.3, 0.4) is 0 Å². The smallest absolute Gasteiger partial charge is 0.309 e. The van der Waals surface area contributed by atoms with E-state index in [-0.39, 0.29) is 18.1 Å². The first-order valence-corrected chi connectivity index (χ1v) is 12.9. The molecule has 35 heavy (non-hydrogen) atoms. The number of fused-ring (bicyclic) bond motifs is 1. The number of ether oxygens (including phenoxy) is 1. The lowest BCUT2D eigenvalue weighted by molar-refractivity contribution is -0.156. The molecule has 3 rings (SSSR count). The molecule has 1 aromatic carbocycles. The molecule has 0 saturated carbocycles. The summed E-state index contributed by atoms with van der Waals surface area (Å²) in [7, 11) is 0. The molecule has 6 heteroatoms. The fraction of sp³-hybridized carbons (Fsp3) is 0.621. The van der Waals surface area contributed by atoms with Crippen LogP contribution in [-0.2, 0) is 14.3 Å². The van der Waals surface area contributed by atoms with Crippen molar-refractivity contribution in [2.45, 2.75) is 91.5 Å². The maximum absolute atomic E-state index is 13.2. The lowest BCUT2D eigenvalue weighted by atomic mass is 9.73. The SMILES string of the molecule is CC1CCC[C@H](C)C(O)[C@@H](C)C(=O)C(C)(C)[C@@H](O)CC(=O)OC(c2ccc3cccnc3c2)CC1. The summed E-state index contributed by atoms with van der Waals surface area (Å²) in [4.78, 5) is 30.6. The van der Waals surface area contributed by atoms with E-state index in [2.05, 4.69) is 11.9 Å². The third kappa shape index (κ3) is 6.68. The molecule has 0 amide bonds. The van der Waals surface area contributed by atoms with Crippen LogP contribution in [0.15, 0.2) is 36.5 Å². The van der Waals surface area contributed by atoms with Crippen molar-refractivity contribution in [2.24, 2.45) is 23.2 Å². The molecule has 0 radical (unpaired) electrons. The number of benzene rings is 1. The van der Waals surface area contributed by atoms with Crippen molar-refractivity contribution in [2.75, 3.05) is 0 Å². The second-order valence-corrected chi connectivity index (χ2v) is 11.1. The second kappa shape index (κ2) is 11.6. The highest BCUT2D eigenvalue weighted by Crippen LogP contribution is 2.34. The van der Waals surface area contributed by atoms with Gasteiger partial charge >= 0.3 is 5.97 Å². The molecule has 6 atom stereocenters. The van der Waals surface area contributed by atoms with Gasteiger partial charge in [0, 0.05) is 17.5 Å². The Hall–Kier alpha value is -2.31. The monoisotopic (exact) mass is 483 g/mol. The minimum absolute atomic E-state index is 0.0233. The molecule has 1 saturated heterocycles. The van der Waals surface area contributed by atoms with Gasteiger partial charge in [0.25, 0.3) is 0 Å². The number of aliphatic hydroxyl groups is 2. The number of Topliss-reactive ketones (excluding diaryl/α,β-unsaturated/α-hetero) is 1. The van der Waals surface area contributed by atoms with E-state index >= 15 is 0 Å². The number of pyridine rings is 1. The normalized spacial score (nSPS) is 31.7. The van der Waals surface area contributed by atoms with Crippen LogP contribution in [0.2, 0.25) is 0 Å². The van der Waals surface area contributed by atoms with E-state index in [1.165, 1.54) is 0 Å². The van der Waals surface area contributed by atoms with Crippen molar-refractivity contribution in [3.05, 3.63) is 42.1 Å². The zero-order valence-electron chi connectivity index (χ0n) is 21.7. The van der Waals surface area contributed by atoms with E-state index in [0.29, 0.717) is 12.3 Å². The minimum Gasteiger partial charge on any atom is -0.457 e. The van der Waals surface area contributed by atoms with Crippen molar-refractivity contribution in [1.82, 2.24) is 4.98 Å². The average molecular weight is 484 g/mol. The van der Waals surface area contributed by atoms with E-state index in [1.807, 2.05) is 37.3 Å². The molecule has 1 aliphatic rings. The number of rotatable bonds is 1. The van der Waals surface area contributed by atoms with Crippen molar-refractivity contribution < 1.29 is 24.5 Å². The van der Waals surface area contributed by atoms with Gasteiger partial charge < -0.3 is 14.9 Å². The van der Waals surface area contributed by atoms with Crippen LogP contribution in [0.25, 0.3) is 10.9 Å². The Morgan fingerprint density at radius 1 is 1.00 bits per heavy atom. The fourth-order valence-corrected chi connectivity index (χ4v) is 5.14. The van der Waals surface area contributed by atoms with Crippen molar-refractivity contribution >= 4 is 22.7 Å². The Balaban J connectivity index is 1.87. The number of hydrogen-bond acceptors (Lipinski definition) is 6. The Morgan fingerprint density at radius 3 is 2.49 bits per heavy atom. The second-order valence-electron chi connectivity index (χ2n) is 11.1. The third-order valence-corrected chi connectivity index (χ3v) is 7.89. The standard InChI is InChI=1S/C29H41NO5/c1-18-8-6-9-19(2)27(33)20(3)28(34)29(4,5)25(31)17-26(32)35-24(14-11-18)22-13-12-21-10-7-15-30-23(21)16-22/h7,10,12-13,15-16,18-20,24-25,27,31,33H,6,8-9,11,14,17H2,1-5H3/t18?,19-,20+,24?,25-,27?/m0/s1. The van der Waals surface area contributed by atoms with Gasteiger partial charge in [0.2, 0.25) is 0 Å². The summed E-state index contributed by atoms with van der Waals surface area (Å²) < 4.78 is 5.91. The first kappa shape index (κ1) is 27.3. The number of aromatic nitrogens is 1. The number of hydrogen-bond donors (Lipinski definition) is 2. The number of carbonyl (C=O) groups is 2. The molecule has 6 nitrogen and oxygen atoms in total. The maximum atomic E-state index is 13.2. The summed E-state index contributed by atoms with van der Waals surface area (Å²) in [6.45, 7) is 9.17. The number of aliphatic hydroxyl groups excluding tert-OH is 2. The molecule has 192 valence electrons. The Morgan fingerprint density at radius 2 is 1.74 bits per heavy atom. The highest BCUT2D eigenvalue weighted by Gasteiger charge is 2.42. The van der Waals surface area contributed by atoms with Gasteiger partial charge in [-0.05, 0) is 48.8 Å². The molecule has 0 aliphatic carbocycles. The molecular formula is C29H41NO5. The van der Waals surface area contributed by atoms with Gasteiger partial charge in [0.15, 0.2) is 0 Å². The minimum atomic E-state index is -1.21. The Kier molecular flexibility index (Phi) is 9.05. The summed E-state index contributed by atoms with van der Waals surface area (Å²) in [5.74, 6) is -1.00. The average Bonchev–Trinajstić information content (AvgIpc) is 2.84. The summed E-state index contributed by atoms with van der Waals surface area (Å²) in [6, 6.07) is 9.80. The largest absolute Gasteiger partial charge is 0.457 e. The predicted molar refractivity (Wildman–Crippen MR) is 137 cm³/mol. The number of cyclic esters (lactones) is 1. The molecule has 3 unspecified atom stereocenters. The third-order valence-electron chi connectivity index (χ3n) is 7.89. The zero-order chi connectivity index (χ0) is 25.8. The first-order chi connectivity index (χ1) is 16.5. The zero-order valence-corrected chi connectivity index (χ0v) is 21.7. The molecule has 0 spiro atoms. The van der Waals surface area contributed by atoms with Crippen LogP contribution in [0.1, 0.15) is 84.8 Å². The number of carbonyl (C=O) groups excluding carboxylic acids is 2. The van der Waals surface area contributed by atoms with E-state index in [0.717, 1.165) is 42.1 Å². The molecule has 1 aromatic heterocycles. The molecule has 0 bridgehead atoms. The summed E-state index contributed by atoms with van der Waals surface area (Å²) in [5, 5.41) is 22.7. The highest BCUT2D eigenvalue weighted by molar-refractivity contribution is 5.88. The predicted octanol–water partition coefficient (Wildman–Crippen LogP) is 5.40. The van der Waals surface area contributed by atoms with Crippen molar-refractivity contribution in [3.8, 4) is 0 Å². The Labute approximate surface area is 209 Å². The van der Waals surface area contributed by atoms with Crippen molar-refractivity contribution in [3.63, 3.8) is 0 Å². The van der Waals surface area contributed by atoms with Crippen molar-refractivity contribution in [1.29, 1.82) is 0 Å². The van der Waals surface area contributed by atoms with E-state index in [1.54, 1.807) is 27.0 Å². The van der Waals surface area contributed by atoms with Gasteiger partial charge in [0.05, 0.1) is 29.6 Å². The van der Waals surface area contributed by atoms with E-state index in [4.69, 9.17) is 4.74 Å². The summed E-state index contributed by atoms with van der Waals surface area (Å²) in [5.41, 5.74) is 0.537. The molecule has 1 fully saturated rings. The van der Waals surface area contributed by atoms with E-state index < -0.39 is 35.6 Å². The van der Waals surface area contributed by atoms with Gasteiger partial charge in [-0.25, -0.2) is 0 Å². The fourth-order valence-electron chi connectivity index (χ4n) is 5.14. The number of ketones is 1. The molecule has 2 aromatic rings. The van der Waals surface area contributed by atoms with Crippen LogP contribution < -0.4 is 0 Å². The molecule has 2 heterocycles. The quantitative estimate of drug-likeness (QED) is 0.527. The Bertz CT molecular complexity index is 1020. The van der Waals surface area contributed by atoms with E-state index in [9.17, 15) is 19.8 Å². The van der Waals surface area contributed by atoms with Gasteiger partial charge in [-0.3, -0.25) is 14.6 Å². The molecule has 1 aliphatic heterocycles.